The van der Waals surface area contributed by atoms with Crippen LogP contribution >= 0.6 is 11.6 Å². The number of carbonyl (C=O) groups is 1. The Morgan fingerprint density at radius 1 is 1.50 bits per heavy atom. The fourth-order valence-electron chi connectivity index (χ4n) is 1.50. The zero-order valence-electron chi connectivity index (χ0n) is 10.8. The fourth-order valence-corrected chi connectivity index (χ4v) is 3.24. The van der Waals surface area contributed by atoms with Gasteiger partial charge in [-0.25, -0.2) is 17.9 Å². The van der Waals surface area contributed by atoms with E-state index in [4.69, 9.17) is 26.6 Å². The summed E-state index contributed by atoms with van der Waals surface area (Å²) in [4.78, 5) is 10.7. The van der Waals surface area contributed by atoms with E-state index in [1.54, 1.807) is 0 Å². The number of aliphatic hydroxyl groups is 1. The van der Waals surface area contributed by atoms with Crippen molar-refractivity contribution in [1.29, 1.82) is 0 Å². The number of benzene rings is 1. The van der Waals surface area contributed by atoms with E-state index >= 15 is 0 Å². The fraction of sp³-hybridized carbons (Fsp3) is 0.364. The van der Waals surface area contributed by atoms with Crippen molar-refractivity contribution in [1.82, 2.24) is 4.72 Å². The molecule has 1 aromatic carbocycles. The summed E-state index contributed by atoms with van der Waals surface area (Å²) in [6.45, 7) is 1.04. The lowest BCUT2D eigenvalue weighted by atomic mass is 10.2. The summed E-state index contributed by atoms with van der Waals surface area (Å²) in [7, 11) is -2.92. The Morgan fingerprint density at radius 3 is 2.55 bits per heavy atom. The molecule has 1 rings (SSSR count). The quantitative estimate of drug-likeness (QED) is 0.710. The number of aromatic carboxylic acids is 1. The third kappa shape index (κ3) is 3.60. The Balaban J connectivity index is 3.48. The van der Waals surface area contributed by atoms with Gasteiger partial charge in [-0.1, -0.05) is 11.6 Å². The van der Waals surface area contributed by atoms with Crippen molar-refractivity contribution in [3.8, 4) is 5.75 Å². The zero-order valence-corrected chi connectivity index (χ0v) is 12.3. The third-order valence-electron chi connectivity index (χ3n) is 2.37. The summed E-state index contributed by atoms with van der Waals surface area (Å²) < 4.78 is 31.4. The molecule has 0 aliphatic heterocycles. The summed E-state index contributed by atoms with van der Waals surface area (Å²) in [6.07, 6.45) is 0. The van der Waals surface area contributed by atoms with E-state index < -0.39 is 33.5 Å². The summed E-state index contributed by atoms with van der Waals surface area (Å²) in [5, 5.41) is 17.9. The maximum atomic E-state index is 12.2. The van der Waals surface area contributed by atoms with Gasteiger partial charge >= 0.3 is 5.97 Å². The van der Waals surface area contributed by atoms with Gasteiger partial charge in [-0.05, 0) is 19.1 Å². The Kier molecular flexibility index (Phi) is 5.35. The molecular weight excluding hydrogens is 310 g/mol. The standard InChI is InChI=1S/C11H14ClNO6S/c1-6(5-14)13-20(17,18)9-4-7(12)3-8(11(15)16)10(9)19-2/h3-4,6,13-14H,5H2,1-2H3,(H,15,16). The van der Waals surface area contributed by atoms with Crippen LogP contribution in [0.25, 0.3) is 0 Å². The van der Waals surface area contributed by atoms with Crippen molar-refractivity contribution in [2.45, 2.75) is 17.9 Å². The lowest BCUT2D eigenvalue weighted by molar-refractivity contribution is 0.0693. The van der Waals surface area contributed by atoms with Crippen molar-refractivity contribution in [2.75, 3.05) is 13.7 Å². The van der Waals surface area contributed by atoms with Gasteiger partial charge in [0.2, 0.25) is 10.0 Å². The molecule has 20 heavy (non-hydrogen) atoms. The number of aliphatic hydroxyl groups excluding tert-OH is 1. The molecule has 0 aliphatic rings. The first-order chi connectivity index (χ1) is 9.22. The number of rotatable bonds is 6. The van der Waals surface area contributed by atoms with Gasteiger partial charge in [0.1, 0.15) is 10.5 Å². The number of nitrogens with one attached hydrogen (secondary N) is 1. The minimum atomic E-state index is -4.08. The first kappa shape index (κ1) is 16.7. The molecule has 0 radical (unpaired) electrons. The molecule has 1 unspecified atom stereocenters. The average molecular weight is 324 g/mol. The molecule has 0 bridgehead atoms. The maximum absolute atomic E-state index is 12.2. The van der Waals surface area contributed by atoms with E-state index in [1.165, 1.54) is 6.92 Å². The molecule has 0 aliphatic carbocycles. The van der Waals surface area contributed by atoms with E-state index in [-0.39, 0.29) is 16.3 Å². The monoisotopic (exact) mass is 323 g/mol. The van der Waals surface area contributed by atoms with E-state index in [2.05, 4.69) is 4.72 Å². The second-order valence-electron chi connectivity index (χ2n) is 3.99. The largest absolute Gasteiger partial charge is 0.494 e. The number of halogens is 1. The van der Waals surface area contributed by atoms with Gasteiger partial charge in [0.15, 0.2) is 5.75 Å². The van der Waals surface area contributed by atoms with Gasteiger partial charge in [-0.2, -0.15) is 0 Å². The molecule has 112 valence electrons. The van der Waals surface area contributed by atoms with Gasteiger partial charge in [-0.3, -0.25) is 0 Å². The summed E-state index contributed by atoms with van der Waals surface area (Å²) in [5.74, 6) is -1.68. The predicted octanol–water partition coefficient (Wildman–Crippen LogP) is 0.706. The van der Waals surface area contributed by atoms with Crippen LogP contribution in [-0.4, -0.2) is 44.4 Å². The highest BCUT2D eigenvalue weighted by Gasteiger charge is 2.26. The van der Waals surface area contributed by atoms with Crippen molar-refractivity contribution in [3.63, 3.8) is 0 Å². The zero-order chi connectivity index (χ0) is 15.5. The number of ether oxygens (including phenoxy) is 1. The van der Waals surface area contributed by atoms with Crippen LogP contribution in [0.4, 0.5) is 0 Å². The molecule has 0 aromatic heterocycles. The number of hydrogen-bond donors (Lipinski definition) is 3. The molecule has 0 spiro atoms. The van der Waals surface area contributed by atoms with Crippen LogP contribution < -0.4 is 9.46 Å². The molecule has 0 fully saturated rings. The molecule has 0 saturated carbocycles. The Hall–Kier alpha value is -1.35. The minimum Gasteiger partial charge on any atom is -0.494 e. The van der Waals surface area contributed by atoms with Crippen molar-refractivity contribution < 1.29 is 28.2 Å². The average Bonchev–Trinajstić information content (AvgIpc) is 2.36. The van der Waals surface area contributed by atoms with E-state index in [0.717, 1.165) is 19.2 Å². The predicted molar refractivity (Wildman–Crippen MR) is 71.8 cm³/mol. The van der Waals surface area contributed by atoms with Crippen molar-refractivity contribution >= 4 is 27.6 Å². The molecule has 0 saturated heterocycles. The number of carboxylic acids is 1. The van der Waals surface area contributed by atoms with Crippen LogP contribution in [0.15, 0.2) is 17.0 Å². The third-order valence-corrected chi connectivity index (χ3v) is 4.19. The highest BCUT2D eigenvalue weighted by molar-refractivity contribution is 7.89. The highest BCUT2D eigenvalue weighted by atomic mass is 35.5. The van der Waals surface area contributed by atoms with E-state index in [9.17, 15) is 13.2 Å². The smallest absolute Gasteiger partial charge is 0.339 e. The molecule has 1 atom stereocenters. The molecule has 1 aromatic rings. The van der Waals surface area contributed by atoms with Gasteiger partial charge in [-0.15, -0.1) is 0 Å². The lowest BCUT2D eigenvalue weighted by Crippen LogP contribution is -2.35. The summed E-state index contributed by atoms with van der Waals surface area (Å²) >= 11 is 5.74. The molecule has 7 nitrogen and oxygen atoms in total. The second kappa shape index (κ2) is 6.40. The number of carboxylic acid groups (broad SMARTS) is 1. The van der Waals surface area contributed by atoms with Gasteiger partial charge in [0.05, 0.1) is 13.7 Å². The molecule has 3 N–H and O–H groups in total. The minimum absolute atomic E-state index is 0.0553. The SMILES string of the molecule is COc1c(C(=O)O)cc(Cl)cc1S(=O)(=O)NC(C)CO. The Labute approximate surface area is 121 Å². The van der Waals surface area contributed by atoms with Crippen LogP contribution in [-0.2, 0) is 10.0 Å². The van der Waals surface area contributed by atoms with Crippen LogP contribution in [0.5, 0.6) is 5.75 Å². The van der Waals surface area contributed by atoms with Gasteiger partial charge in [0, 0.05) is 11.1 Å². The summed E-state index contributed by atoms with van der Waals surface area (Å²) in [6, 6.07) is 1.44. The summed E-state index contributed by atoms with van der Waals surface area (Å²) in [5.41, 5.74) is -0.364. The Bertz CT molecular complexity index is 616. The van der Waals surface area contributed by atoms with Gasteiger partial charge < -0.3 is 14.9 Å². The normalized spacial score (nSPS) is 13.0. The van der Waals surface area contributed by atoms with Crippen molar-refractivity contribution in [3.05, 3.63) is 22.7 Å². The number of sulfonamides is 1. The lowest BCUT2D eigenvalue weighted by Gasteiger charge is -2.15. The first-order valence-corrected chi connectivity index (χ1v) is 7.33. The topological polar surface area (TPSA) is 113 Å². The van der Waals surface area contributed by atoms with Crippen LogP contribution in [0.1, 0.15) is 17.3 Å². The molecule has 0 heterocycles. The maximum Gasteiger partial charge on any atom is 0.339 e. The van der Waals surface area contributed by atoms with Crippen molar-refractivity contribution in [2.24, 2.45) is 0 Å². The first-order valence-electron chi connectivity index (χ1n) is 5.47. The van der Waals surface area contributed by atoms with Crippen LogP contribution in [0.3, 0.4) is 0 Å². The van der Waals surface area contributed by atoms with E-state index in [1.807, 2.05) is 0 Å². The Morgan fingerprint density at radius 2 is 2.10 bits per heavy atom. The second-order valence-corrected chi connectivity index (χ2v) is 6.11. The number of hydrogen-bond acceptors (Lipinski definition) is 5. The molecular formula is C11H14ClNO6S. The van der Waals surface area contributed by atoms with Crippen LogP contribution in [0, 0.1) is 0 Å². The number of methoxy groups -OCH3 is 1. The van der Waals surface area contributed by atoms with Gasteiger partial charge in [0.25, 0.3) is 0 Å². The molecule has 0 amide bonds. The molecule has 9 heteroatoms. The van der Waals surface area contributed by atoms with E-state index in [0.29, 0.717) is 0 Å². The van der Waals surface area contributed by atoms with Crippen LogP contribution in [0.2, 0.25) is 5.02 Å². The highest BCUT2D eigenvalue weighted by Crippen LogP contribution is 2.31.